The Bertz CT molecular complexity index is 2310. The fourth-order valence-electron chi connectivity index (χ4n) is 9.70. The van der Waals surface area contributed by atoms with E-state index in [0.717, 1.165) is 42.0 Å². The van der Waals surface area contributed by atoms with Crippen molar-refractivity contribution in [3.05, 3.63) is 158 Å². The number of rotatable bonds is 12. The topological polar surface area (TPSA) is 96.3 Å². The molecule has 0 radical (unpaired) electrons. The standard InChI is InChI=1S/C48H49BBrNO6SSi/c1-48(2,3)59(38-17-9-5-10-18-38,39-19-11-6-12-20-39)56-31-35-28-40-45(47(54)51(46(40)53)30-37-16-13-25-58-37)41-29-49(55)57-43(44(35)41)24-21-33(32-14-7-4-8-15-32)26-34-27-36(50)22-23-42(34)52/h4-20,22-23,25-27,40-41,43,45,52,55H,21,24,28-31H2,1-3H3/b33-26-/t40-,41+,43-,45-/m1/s1. The first-order chi connectivity index (χ1) is 28.4. The number of aromatic hydroxyl groups is 1. The number of carbonyl (C=O) groups is 2. The second-order valence-corrected chi connectivity index (χ2v) is 23.1. The van der Waals surface area contributed by atoms with Gasteiger partial charge in [-0.1, -0.05) is 134 Å². The molecule has 11 heteroatoms. The summed E-state index contributed by atoms with van der Waals surface area (Å²) in [6.45, 7) is 7.26. The summed E-state index contributed by atoms with van der Waals surface area (Å²) in [5.74, 6) is -1.71. The summed E-state index contributed by atoms with van der Waals surface area (Å²) in [7, 11) is -4.11. The number of likely N-dealkylation sites (tertiary alicyclic amines) is 1. The number of carbonyl (C=O) groups excluding carboxylic acids is 2. The van der Waals surface area contributed by atoms with Crippen molar-refractivity contribution >= 4 is 76.5 Å². The van der Waals surface area contributed by atoms with Gasteiger partial charge in [-0.15, -0.1) is 11.3 Å². The zero-order valence-electron chi connectivity index (χ0n) is 33.6. The molecule has 4 aromatic carbocycles. The summed E-state index contributed by atoms with van der Waals surface area (Å²) in [6.07, 6.45) is 3.11. The molecule has 0 spiro atoms. The molecular weight excluding hydrogens is 837 g/mol. The van der Waals surface area contributed by atoms with Crippen molar-refractivity contribution in [2.75, 3.05) is 6.61 Å². The van der Waals surface area contributed by atoms with Gasteiger partial charge in [-0.25, -0.2) is 0 Å². The SMILES string of the molecule is CC(C)(C)[Si](OCC1=C2[C@@H](CC/C(=C/c3cc(Br)ccc3O)c3ccccc3)OB(O)C[C@@H]2[C@@H]2C(=O)N(Cc3cccs3)C(=O)[C@@H]2C1)(c1ccccc1)c1ccccc1. The Labute approximate surface area is 360 Å². The molecule has 0 bridgehead atoms. The van der Waals surface area contributed by atoms with Crippen LogP contribution in [0.1, 0.15) is 56.0 Å². The molecular formula is C48H49BBrNO6SSi. The number of nitrogens with zero attached hydrogens (tertiary/aromatic N) is 1. The number of imide groups is 1. The highest BCUT2D eigenvalue weighted by molar-refractivity contribution is 9.10. The highest BCUT2D eigenvalue weighted by atomic mass is 79.9. The van der Waals surface area contributed by atoms with E-state index in [1.54, 1.807) is 6.07 Å². The monoisotopic (exact) mass is 885 g/mol. The molecule has 2 amide bonds. The van der Waals surface area contributed by atoms with Crippen LogP contribution in [0.5, 0.6) is 5.75 Å². The molecule has 7 nitrogen and oxygen atoms in total. The van der Waals surface area contributed by atoms with E-state index in [1.807, 2.05) is 66.1 Å². The van der Waals surface area contributed by atoms with Gasteiger partial charge in [-0.2, -0.15) is 0 Å². The van der Waals surface area contributed by atoms with Gasteiger partial charge in [0.2, 0.25) is 11.8 Å². The summed E-state index contributed by atoms with van der Waals surface area (Å²) < 4.78 is 14.9. The van der Waals surface area contributed by atoms with Crippen molar-refractivity contribution in [3.63, 3.8) is 0 Å². The Hall–Kier alpha value is -4.36. The third kappa shape index (κ3) is 8.26. The van der Waals surface area contributed by atoms with Crippen molar-refractivity contribution in [3.8, 4) is 5.75 Å². The number of phenolic OH excluding ortho intramolecular Hbond substituents is 1. The van der Waals surface area contributed by atoms with Gasteiger partial charge >= 0.3 is 7.12 Å². The maximum atomic E-state index is 14.5. The Morgan fingerprint density at radius 1 is 0.915 bits per heavy atom. The van der Waals surface area contributed by atoms with E-state index in [2.05, 4.69) is 97.4 Å². The molecule has 0 saturated carbocycles. The van der Waals surface area contributed by atoms with Gasteiger partial charge in [0.05, 0.1) is 31.1 Å². The van der Waals surface area contributed by atoms with Crippen LogP contribution in [-0.4, -0.2) is 55.0 Å². The molecule has 5 aromatic rings. The summed E-state index contributed by atoms with van der Waals surface area (Å²) in [6, 6.07) is 40.4. The zero-order valence-corrected chi connectivity index (χ0v) is 37.0. The fourth-order valence-corrected chi connectivity index (χ4v) is 15.3. The first kappa shape index (κ1) is 41.4. The maximum Gasteiger partial charge on any atom is 0.455 e. The number of fused-ring (bicyclic) bond motifs is 3. The van der Waals surface area contributed by atoms with Crippen molar-refractivity contribution in [1.29, 1.82) is 0 Å². The minimum atomic E-state index is -3.00. The maximum absolute atomic E-state index is 14.5. The van der Waals surface area contributed by atoms with Crippen LogP contribution in [0.3, 0.4) is 0 Å². The third-order valence-electron chi connectivity index (χ3n) is 12.3. The van der Waals surface area contributed by atoms with Crippen molar-refractivity contribution in [2.24, 2.45) is 17.8 Å². The number of thiophene rings is 1. The van der Waals surface area contributed by atoms with Gasteiger partial charge in [0, 0.05) is 14.9 Å². The minimum Gasteiger partial charge on any atom is -0.507 e. The third-order valence-corrected chi connectivity index (χ3v) is 18.6. The van der Waals surface area contributed by atoms with Crippen LogP contribution in [0.2, 0.25) is 11.4 Å². The molecule has 2 fully saturated rings. The van der Waals surface area contributed by atoms with Crippen molar-refractivity contribution in [1.82, 2.24) is 4.90 Å². The lowest BCUT2D eigenvalue weighted by Crippen LogP contribution is -2.66. The largest absolute Gasteiger partial charge is 0.507 e. The summed E-state index contributed by atoms with van der Waals surface area (Å²) >= 11 is 5.09. The van der Waals surface area contributed by atoms with Crippen LogP contribution in [0.15, 0.2) is 142 Å². The predicted octanol–water partition coefficient (Wildman–Crippen LogP) is 9.11. The second-order valence-electron chi connectivity index (χ2n) is 16.9. The van der Waals surface area contributed by atoms with Crippen LogP contribution in [0, 0.1) is 17.8 Å². The molecule has 0 unspecified atom stereocenters. The van der Waals surface area contributed by atoms with Crippen molar-refractivity contribution in [2.45, 2.75) is 64.0 Å². The molecule has 8 rings (SSSR count). The van der Waals surface area contributed by atoms with Gasteiger partial charge in [0.15, 0.2) is 0 Å². The van der Waals surface area contributed by atoms with Crippen LogP contribution >= 0.6 is 27.3 Å². The van der Waals surface area contributed by atoms with E-state index >= 15 is 0 Å². The Balaban J connectivity index is 1.22. The summed E-state index contributed by atoms with van der Waals surface area (Å²) in [5, 5.41) is 26.3. The van der Waals surface area contributed by atoms with E-state index in [-0.39, 0.29) is 42.1 Å². The number of phenols is 1. The number of halogens is 1. The number of amides is 2. The number of hydrogen-bond acceptors (Lipinski definition) is 7. The van der Waals surface area contributed by atoms with E-state index in [9.17, 15) is 19.7 Å². The van der Waals surface area contributed by atoms with E-state index in [0.29, 0.717) is 24.8 Å². The molecule has 4 atom stereocenters. The van der Waals surface area contributed by atoms with Crippen LogP contribution in [-0.2, 0) is 25.2 Å². The van der Waals surface area contributed by atoms with Gasteiger partial charge in [0.25, 0.3) is 8.32 Å². The molecule has 2 N–H and O–H groups in total. The summed E-state index contributed by atoms with van der Waals surface area (Å²) in [4.78, 5) is 31.3. The Morgan fingerprint density at radius 3 is 2.20 bits per heavy atom. The fraction of sp³-hybridized carbons (Fsp3) is 0.292. The summed E-state index contributed by atoms with van der Waals surface area (Å²) in [5.41, 5.74) is 4.64. The van der Waals surface area contributed by atoms with Crippen molar-refractivity contribution < 1.29 is 28.8 Å². The first-order valence-corrected chi connectivity index (χ1v) is 23.9. The Morgan fingerprint density at radius 2 is 1.58 bits per heavy atom. The quantitative estimate of drug-likeness (QED) is 0.0562. The highest BCUT2D eigenvalue weighted by Gasteiger charge is 2.58. The molecule has 3 heterocycles. The number of allylic oxidation sites excluding steroid dienone is 1. The average molecular weight is 887 g/mol. The molecule has 302 valence electrons. The normalized spacial score (nSPS) is 21.2. The number of hydrogen-bond donors (Lipinski definition) is 2. The van der Waals surface area contributed by atoms with Gasteiger partial charge < -0.3 is 19.2 Å². The van der Waals surface area contributed by atoms with Crippen LogP contribution < -0.4 is 10.4 Å². The first-order valence-electron chi connectivity index (χ1n) is 20.4. The van der Waals surface area contributed by atoms with E-state index in [4.69, 9.17) is 9.08 Å². The second kappa shape index (κ2) is 17.3. The lowest BCUT2D eigenvalue weighted by Gasteiger charge is -2.46. The Kier molecular flexibility index (Phi) is 12.1. The molecule has 1 aromatic heterocycles. The van der Waals surface area contributed by atoms with Gasteiger partial charge in [0.1, 0.15) is 5.75 Å². The van der Waals surface area contributed by atoms with Crippen LogP contribution in [0.25, 0.3) is 11.6 Å². The predicted molar refractivity (Wildman–Crippen MR) is 243 cm³/mol. The number of benzene rings is 4. The van der Waals surface area contributed by atoms with E-state index in [1.165, 1.54) is 16.2 Å². The smallest absolute Gasteiger partial charge is 0.455 e. The van der Waals surface area contributed by atoms with Gasteiger partial charge in [-0.05, 0) is 105 Å². The molecule has 1 aliphatic carbocycles. The van der Waals surface area contributed by atoms with Gasteiger partial charge in [-0.3, -0.25) is 14.5 Å². The molecule has 2 aliphatic heterocycles. The van der Waals surface area contributed by atoms with E-state index < -0.39 is 39.3 Å². The lowest BCUT2D eigenvalue weighted by molar-refractivity contribution is -0.140. The lowest BCUT2D eigenvalue weighted by atomic mass is 9.58. The minimum absolute atomic E-state index is 0.156. The molecule has 59 heavy (non-hydrogen) atoms. The van der Waals surface area contributed by atoms with Crippen LogP contribution in [0.4, 0.5) is 0 Å². The zero-order chi connectivity index (χ0) is 41.3. The average Bonchev–Trinajstić information content (AvgIpc) is 3.84. The molecule has 2 saturated heterocycles. The highest BCUT2D eigenvalue weighted by Crippen LogP contribution is 2.52. The molecule has 3 aliphatic rings.